The maximum atomic E-state index is 12.3. The van der Waals surface area contributed by atoms with Gasteiger partial charge in [-0.05, 0) is 25.0 Å². The van der Waals surface area contributed by atoms with Crippen LogP contribution in [0.3, 0.4) is 0 Å². The van der Waals surface area contributed by atoms with Crippen molar-refractivity contribution < 1.29 is 4.79 Å². The summed E-state index contributed by atoms with van der Waals surface area (Å²) in [5.41, 5.74) is 2.97. The number of para-hydroxylation sites is 1. The molecule has 1 aliphatic rings. The van der Waals surface area contributed by atoms with Crippen LogP contribution < -0.4 is 4.90 Å². The van der Waals surface area contributed by atoms with E-state index in [9.17, 15) is 4.79 Å². The van der Waals surface area contributed by atoms with Crippen LogP contribution in [0, 0.1) is 13.8 Å². The minimum Gasteiger partial charge on any atom is -0.286 e. The Hall–Kier alpha value is -1.26. The van der Waals surface area contributed by atoms with Crippen LogP contribution in [-0.4, -0.2) is 29.4 Å². The smallest absolute Gasteiger partial charge is 0.230 e. The summed E-state index contributed by atoms with van der Waals surface area (Å²) in [6.45, 7) is 9.30. The zero-order chi connectivity index (χ0) is 14.0. The van der Waals surface area contributed by atoms with Crippen molar-refractivity contribution >= 4 is 24.2 Å². The fourth-order valence-corrected chi connectivity index (χ4v) is 3.00. The van der Waals surface area contributed by atoms with Crippen molar-refractivity contribution in [2.45, 2.75) is 25.8 Å². The van der Waals surface area contributed by atoms with Crippen LogP contribution in [0.1, 0.15) is 17.5 Å². The van der Waals surface area contributed by atoms with Gasteiger partial charge in [-0.25, -0.2) is 0 Å². The van der Waals surface area contributed by atoms with Gasteiger partial charge in [0, 0.05) is 19.5 Å². The molecule has 102 valence electrons. The monoisotopic (exact) mass is 276 g/mol. The molecule has 0 aromatic heterocycles. The molecule has 1 heterocycles. The van der Waals surface area contributed by atoms with Gasteiger partial charge in [0.2, 0.25) is 5.91 Å². The Labute approximate surface area is 120 Å². The van der Waals surface area contributed by atoms with E-state index in [2.05, 4.69) is 24.1 Å². The first-order chi connectivity index (χ1) is 9.06. The van der Waals surface area contributed by atoms with E-state index in [1.165, 1.54) is 0 Å². The van der Waals surface area contributed by atoms with Crippen LogP contribution in [0.5, 0.6) is 0 Å². The quantitative estimate of drug-likeness (QED) is 0.678. The SMILES string of the molecule is C=CCN1CCC(=O)N(c2c(C)cccc2C)C1S. The number of carbonyl (C=O) groups is 1. The summed E-state index contributed by atoms with van der Waals surface area (Å²) >= 11 is 4.63. The van der Waals surface area contributed by atoms with E-state index in [0.717, 1.165) is 29.9 Å². The molecule has 1 atom stereocenters. The fourth-order valence-electron chi connectivity index (χ4n) is 2.54. The van der Waals surface area contributed by atoms with E-state index < -0.39 is 0 Å². The highest BCUT2D eigenvalue weighted by Gasteiger charge is 2.33. The average Bonchev–Trinajstić information content (AvgIpc) is 2.36. The molecule has 1 fully saturated rings. The third-order valence-electron chi connectivity index (χ3n) is 3.48. The molecule has 1 aromatic rings. The maximum Gasteiger partial charge on any atom is 0.230 e. The predicted octanol–water partition coefficient (Wildman–Crippen LogP) is 2.74. The molecule has 0 N–H and O–H groups in total. The van der Waals surface area contributed by atoms with Crippen molar-refractivity contribution in [3.05, 3.63) is 42.0 Å². The summed E-state index contributed by atoms with van der Waals surface area (Å²) in [5.74, 6) is 0.137. The van der Waals surface area contributed by atoms with Crippen LogP contribution in [-0.2, 0) is 4.79 Å². The second-order valence-electron chi connectivity index (χ2n) is 4.88. The van der Waals surface area contributed by atoms with Crippen molar-refractivity contribution in [2.24, 2.45) is 0 Å². The molecule has 3 nitrogen and oxygen atoms in total. The summed E-state index contributed by atoms with van der Waals surface area (Å²) in [4.78, 5) is 16.2. The highest BCUT2D eigenvalue weighted by molar-refractivity contribution is 7.81. The molecule has 1 aromatic carbocycles. The first-order valence-electron chi connectivity index (χ1n) is 6.47. The summed E-state index contributed by atoms with van der Waals surface area (Å²) in [5, 5.41) is 0. The molecule has 0 spiro atoms. The predicted molar refractivity (Wildman–Crippen MR) is 82.6 cm³/mol. The Kier molecular flexibility index (Phi) is 4.32. The lowest BCUT2D eigenvalue weighted by molar-refractivity contribution is -0.121. The first kappa shape index (κ1) is 14.2. The lowest BCUT2D eigenvalue weighted by Crippen LogP contribution is -2.54. The van der Waals surface area contributed by atoms with Crippen LogP contribution >= 0.6 is 12.6 Å². The minimum absolute atomic E-state index is 0.137. The largest absolute Gasteiger partial charge is 0.286 e. The molecule has 0 bridgehead atoms. The number of anilines is 1. The molecule has 1 amide bonds. The third kappa shape index (κ3) is 2.69. The number of benzene rings is 1. The van der Waals surface area contributed by atoms with Gasteiger partial charge in [-0.15, -0.1) is 19.2 Å². The van der Waals surface area contributed by atoms with E-state index in [-0.39, 0.29) is 11.4 Å². The van der Waals surface area contributed by atoms with E-state index >= 15 is 0 Å². The molecule has 1 aliphatic heterocycles. The van der Waals surface area contributed by atoms with Crippen LogP contribution in [0.4, 0.5) is 5.69 Å². The van der Waals surface area contributed by atoms with Crippen molar-refractivity contribution in [3.63, 3.8) is 0 Å². The second-order valence-corrected chi connectivity index (χ2v) is 5.35. The second kappa shape index (κ2) is 5.80. The lowest BCUT2D eigenvalue weighted by Gasteiger charge is -2.41. The Morgan fingerprint density at radius 3 is 2.63 bits per heavy atom. The summed E-state index contributed by atoms with van der Waals surface area (Å²) < 4.78 is 0. The summed E-state index contributed by atoms with van der Waals surface area (Å²) in [7, 11) is 0. The van der Waals surface area contributed by atoms with Crippen molar-refractivity contribution in [1.29, 1.82) is 0 Å². The fraction of sp³-hybridized carbons (Fsp3) is 0.400. The van der Waals surface area contributed by atoms with Gasteiger partial charge in [-0.1, -0.05) is 24.3 Å². The number of thiol groups is 1. The Balaban J connectivity index is 2.40. The number of carbonyl (C=O) groups excluding carboxylic acids is 1. The molecular weight excluding hydrogens is 256 g/mol. The van der Waals surface area contributed by atoms with E-state index in [0.29, 0.717) is 6.42 Å². The standard InChI is InChI=1S/C15H20N2OS/c1-4-9-16-10-8-13(18)17(15(16)19)14-11(2)6-5-7-12(14)3/h4-7,15,19H,1,8-10H2,2-3H3. The molecule has 0 saturated carbocycles. The molecule has 0 aliphatic carbocycles. The van der Waals surface area contributed by atoms with Crippen LogP contribution in [0.15, 0.2) is 30.9 Å². The molecule has 4 heteroatoms. The van der Waals surface area contributed by atoms with E-state index in [1.807, 2.05) is 38.1 Å². The Bertz CT molecular complexity index is 481. The normalized spacial score (nSPS) is 20.7. The highest BCUT2D eigenvalue weighted by Crippen LogP contribution is 2.31. The van der Waals surface area contributed by atoms with Crippen molar-refractivity contribution in [2.75, 3.05) is 18.0 Å². The topological polar surface area (TPSA) is 23.6 Å². The van der Waals surface area contributed by atoms with Gasteiger partial charge in [0.15, 0.2) is 0 Å². The number of amides is 1. The number of hydrogen-bond donors (Lipinski definition) is 1. The average molecular weight is 276 g/mol. The van der Waals surface area contributed by atoms with E-state index in [1.54, 1.807) is 4.90 Å². The van der Waals surface area contributed by atoms with Crippen LogP contribution in [0.25, 0.3) is 0 Å². The molecular formula is C15H20N2OS. The zero-order valence-corrected chi connectivity index (χ0v) is 12.4. The van der Waals surface area contributed by atoms with Crippen LogP contribution in [0.2, 0.25) is 0 Å². The molecule has 1 unspecified atom stereocenters. The summed E-state index contributed by atoms with van der Waals surface area (Å²) in [6.07, 6.45) is 2.38. The molecule has 2 rings (SSSR count). The third-order valence-corrected chi connectivity index (χ3v) is 4.04. The van der Waals surface area contributed by atoms with Gasteiger partial charge < -0.3 is 0 Å². The minimum atomic E-state index is -0.223. The maximum absolute atomic E-state index is 12.3. The lowest BCUT2D eigenvalue weighted by atomic mass is 10.1. The van der Waals surface area contributed by atoms with Gasteiger partial charge in [0.05, 0.1) is 5.69 Å². The van der Waals surface area contributed by atoms with Gasteiger partial charge in [-0.3, -0.25) is 14.6 Å². The number of hydrogen-bond acceptors (Lipinski definition) is 3. The number of aryl methyl sites for hydroxylation is 2. The molecule has 19 heavy (non-hydrogen) atoms. The van der Waals surface area contributed by atoms with E-state index in [4.69, 9.17) is 0 Å². The van der Waals surface area contributed by atoms with Gasteiger partial charge in [0.25, 0.3) is 0 Å². The highest BCUT2D eigenvalue weighted by atomic mass is 32.1. The van der Waals surface area contributed by atoms with Crippen molar-refractivity contribution in [1.82, 2.24) is 4.90 Å². The molecule has 0 radical (unpaired) electrons. The summed E-state index contributed by atoms with van der Waals surface area (Å²) in [6, 6.07) is 6.07. The zero-order valence-electron chi connectivity index (χ0n) is 11.5. The van der Waals surface area contributed by atoms with Crippen molar-refractivity contribution in [3.8, 4) is 0 Å². The van der Waals surface area contributed by atoms with Gasteiger partial charge >= 0.3 is 0 Å². The Morgan fingerprint density at radius 2 is 2.05 bits per heavy atom. The first-order valence-corrected chi connectivity index (χ1v) is 6.99. The number of rotatable bonds is 3. The molecule has 1 saturated heterocycles. The van der Waals surface area contributed by atoms with Gasteiger partial charge in [-0.2, -0.15) is 0 Å². The Morgan fingerprint density at radius 1 is 1.42 bits per heavy atom. The van der Waals surface area contributed by atoms with Gasteiger partial charge in [0.1, 0.15) is 5.50 Å². The number of nitrogens with zero attached hydrogens (tertiary/aromatic N) is 2.